The Morgan fingerprint density at radius 2 is 2.00 bits per heavy atom. The van der Waals surface area contributed by atoms with Gasteiger partial charge in [0.25, 0.3) is 0 Å². The van der Waals surface area contributed by atoms with E-state index in [1.807, 2.05) is 24.4 Å². The van der Waals surface area contributed by atoms with Gasteiger partial charge in [-0.3, -0.25) is 0 Å². The summed E-state index contributed by atoms with van der Waals surface area (Å²) in [6.45, 7) is 0. The van der Waals surface area contributed by atoms with E-state index in [4.69, 9.17) is 5.73 Å². The highest BCUT2D eigenvalue weighted by Gasteiger charge is 2.08. The molecule has 0 atom stereocenters. The molecule has 4 heterocycles. The first-order valence-corrected chi connectivity index (χ1v) is 6.12. The topological polar surface area (TPSA) is 82.0 Å². The molecule has 6 heteroatoms. The number of anilines is 1. The fraction of sp³-hybridized carbons (Fsp3) is 0. The normalized spacial score (nSPS) is 11.2. The number of nitrogens with zero attached hydrogens (tertiary/aromatic N) is 5. The zero-order valence-corrected chi connectivity index (χ0v) is 10.4. The van der Waals surface area contributed by atoms with E-state index in [2.05, 4.69) is 26.1 Å². The molecule has 0 aliphatic rings. The zero-order valence-electron chi connectivity index (χ0n) is 10.4. The quantitative estimate of drug-likeness (QED) is 0.566. The Hall–Kier alpha value is -3.02. The second-order valence-electron chi connectivity index (χ2n) is 4.45. The summed E-state index contributed by atoms with van der Waals surface area (Å²) in [7, 11) is 0. The van der Waals surface area contributed by atoms with Gasteiger partial charge < -0.3 is 5.73 Å². The molecule has 0 radical (unpaired) electrons. The molecule has 0 amide bonds. The fourth-order valence-corrected chi connectivity index (χ4v) is 2.27. The Balaban J connectivity index is 1.96. The number of fused-ring (bicyclic) bond motifs is 2. The van der Waals surface area contributed by atoms with Crippen LogP contribution in [-0.2, 0) is 0 Å². The van der Waals surface area contributed by atoms with Crippen molar-refractivity contribution in [3.8, 4) is 11.1 Å². The van der Waals surface area contributed by atoms with Gasteiger partial charge in [-0.1, -0.05) is 0 Å². The van der Waals surface area contributed by atoms with Crippen molar-refractivity contribution in [2.75, 3.05) is 5.73 Å². The summed E-state index contributed by atoms with van der Waals surface area (Å²) in [5.74, 6) is 0.250. The molecule has 0 bridgehead atoms. The van der Waals surface area contributed by atoms with E-state index in [-0.39, 0.29) is 5.95 Å². The van der Waals surface area contributed by atoms with E-state index in [1.54, 1.807) is 23.1 Å². The van der Waals surface area contributed by atoms with Crippen LogP contribution >= 0.6 is 0 Å². The van der Waals surface area contributed by atoms with Crippen molar-refractivity contribution < 1.29 is 0 Å². The number of hydrogen-bond donors (Lipinski definition) is 1. The monoisotopic (exact) mass is 262 g/mol. The van der Waals surface area contributed by atoms with Crippen LogP contribution in [0, 0.1) is 0 Å². The van der Waals surface area contributed by atoms with Crippen LogP contribution in [0.3, 0.4) is 0 Å². The fourth-order valence-electron chi connectivity index (χ4n) is 2.27. The third-order valence-electron chi connectivity index (χ3n) is 3.20. The minimum Gasteiger partial charge on any atom is -0.367 e. The van der Waals surface area contributed by atoms with Gasteiger partial charge in [-0.05, 0) is 24.3 Å². The molecule has 4 aromatic rings. The average Bonchev–Trinajstić information content (AvgIpc) is 2.89. The number of aromatic nitrogens is 5. The maximum atomic E-state index is 5.58. The van der Waals surface area contributed by atoms with Gasteiger partial charge in [0.15, 0.2) is 5.65 Å². The van der Waals surface area contributed by atoms with Crippen LogP contribution in [0.1, 0.15) is 0 Å². The summed E-state index contributed by atoms with van der Waals surface area (Å²) in [4.78, 5) is 12.6. The number of pyridine rings is 2. The summed E-state index contributed by atoms with van der Waals surface area (Å²) < 4.78 is 1.71. The first-order valence-electron chi connectivity index (χ1n) is 6.12. The minimum atomic E-state index is 0.250. The maximum Gasteiger partial charge on any atom is 0.238 e. The average molecular weight is 262 g/mol. The van der Waals surface area contributed by atoms with Crippen LogP contribution in [0.4, 0.5) is 5.95 Å². The lowest BCUT2D eigenvalue weighted by atomic mass is 10.1. The van der Waals surface area contributed by atoms with Gasteiger partial charge in [0.1, 0.15) is 0 Å². The SMILES string of the molecule is Nc1ncc2c(-c3cnc4ncccc4c3)ccn2n1. The molecule has 0 fully saturated rings. The maximum absolute atomic E-state index is 5.58. The summed E-state index contributed by atoms with van der Waals surface area (Å²) >= 11 is 0. The lowest BCUT2D eigenvalue weighted by Crippen LogP contribution is -1.99. The second-order valence-corrected chi connectivity index (χ2v) is 4.45. The lowest BCUT2D eigenvalue weighted by Gasteiger charge is -2.02. The minimum absolute atomic E-state index is 0.250. The first kappa shape index (κ1) is 10.9. The van der Waals surface area contributed by atoms with Crippen LogP contribution in [0.5, 0.6) is 0 Å². The van der Waals surface area contributed by atoms with Gasteiger partial charge >= 0.3 is 0 Å². The molecule has 0 aromatic carbocycles. The second kappa shape index (κ2) is 3.99. The zero-order chi connectivity index (χ0) is 13.5. The molecule has 20 heavy (non-hydrogen) atoms. The molecule has 0 spiro atoms. The Morgan fingerprint density at radius 3 is 2.95 bits per heavy atom. The Kier molecular flexibility index (Phi) is 2.17. The Labute approximate surface area is 113 Å². The number of nitrogens with two attached hydrogens (primary N) is 1. The number of rotatable bonds is 1. The van der Waals surface area contributed by atoms with Crippen molar-refractivity contribution in [2.45, 2.75) is 0 Å². The van der Waals surface area contributed by atoms with Gasteiger partial charge in [-0.15, -0.1) is 5.10 Å². The van der Waals surface area contributed by atoms with Crippen molar-refractivity contribution in [2.24, 2.45) is 0 Å². The molecular weight excluding hydrogens is 252 g/mol. The standard InChI is InChI=1S/C14H10N6/c15-14-18-8-12-11(3-5-20(12)19-14)10-6-9-2-1-4-16-13(9)17-7-10/h1-8H,(H2,15,19). The predicted octanol–water partition coefficient (Wildman–Crippen LogP) is 1.92. The highest BCUT2D eigenvalue weighted by atomic mass is 15.3. The summed E-state index contributed by atoms with van der Waals surface area (Å²) in [6.07, 6.45) is 7.11. The lowest BCUT2D eigenvalue weighted by molar-refractivity contribution is 0.918. The van der Waals surface area contributed by atoms with Crippen molar-refractivity contribution in [1.29, 1.82) is 0 Å². The van der Waals surface area contributed by atoms with E-state index in [0.29, 0.717) is 0 Å². The van der Waals surface area contributed by atoms with Crippen LogP contribution in [0.15, 0.2) is 49.1 Å². The number of hydrogen-bond acceptors (Lipinski definition) is 5. The predicted molar refractivity (Wildman–Crippen MR) is 75.9 cm³/mol. The smallest absolute Gasteiger partial charge is 0.238 e. The molecule has 0 saturated heterocycles. The molecule has 96 valence electrons. The summed E-state index contributed by atoms with van der Waals surface area (Å²) in [5, 5.41) is 5.14. The van der Waals surface area contributed by atoms with E-state index in [0.717, 1.165) is 27.7 Å². The molecule has 4 aromatic heterocycles. The Morgan fingerprint density at radius 1 is 1.05 bits per heavy atom. The Bertz CT molecular complexity index is 927. The molecule has 0 aliphatic heterocycles. The molecule has 2 N–H and O–H groups in total. The van der Waals surface area contributed by atoms with Gasteiger partial charge in [-0.2, -0.15) is 0 Å². The molecule has 0 aliphatic carbocycles. The van der Waals surface area contributed by atoms with Gasteiger partial charge in [0, 0.05) is 35.1 Å². The van der Waals surface area contributed by atoms with Crippen LogP contribution in [0.2, 0.25) is 0 Å². The van der Waals surface area contributed by atoms with Crippen molar-refractivity contribution in [3.05, 3.63) is 49.1 Å². The van der Waals surface area contributed by atoms with Gasteiger partial charge in [0.2, 0.25) is 5.95 Å². The molecule has 0 saturated carbocycles. The molecular formula is C14H10N6. The first-order chi connectivity index (χ1) is 9.81. The molecule has 0 unspecified atom stereocenters. The number of nitrogen functional groups attached to an aromatic ring is 1. The third-order valence-corrected chi connectivity index (χ3v) is 3.20. The van der Waals surface area contributed by atoms with E-state index in [9.17, 15) is 0 Å². The van der Waals surface area contributed by atoms with E-state index >= 15 is 0 Å². The highest BCUT2D eigenvalue weighted by Crippen LogP contribution is 2.26. The largest absolute Gasteiger partial charge is 0.367 e. The van der Waals surface area contributed by atoms with Crippen molar-refractivity contribution in [1.82, 2.24) is 24.6 Å². The van der Waals surface area contributed by atoms with Crippen LogP contribution in [-0.4, -0.2) is 24.6 Å². The van der Waals surface area contributed by atoms with Crippen molar-refractivity contribution >= 4 is 22.5 Å². The molecule has 4 rings (SSSR count). The molecule has 6 nitrogen and oxygen atoms in total. The highest BCUT2D eigenvalue weighted by molar-refractivity contribution is 5.86. The van der Waals surface area contributed by atoms with Gasteiger partial charge in [0.05, 0.1) is 11.7 Å². The van der Waals surface area contributed by atoms with Crippen LogP contribution < -0.4 is 5.73 Å². The van der Waals surface area contributed by atoms with Gasteiger partial charge in [-0.25, -0.2) is 19.5 Å². The third kappa shape index (κ3) is 1.58. The van der Waals surface area contributed by atoms with E-state index < -0.39 is 0 Å². The van der Waals surface area contributed by atoms with E-state index in [1.165, 1.54) is 0 Å². The van der Waals surface area contributed by atoms with Crippen molar-refractivity contribution in [3.63, 3.8) is 0 Å². The summed E-state index contributed by atoms with van der Waals surface area (Å²) in [5.41, 5.74) is 9.23. The van der Waals surface area contributed by atoms with Crippen LogP contribution in [0.25, 0.3) is 27.7 Å². The summed E-state index contributed by atoms with van der Waals surface area (Å²) in [6, 6.07) is 7.92.